The van der Waals surface area contributed by atoms with Gasteiger partial charge in [0.05, 0.1) is 33.6 Å². The lowest BCUT2D eigenvalue weighted by atomic mass is 10.00. The minimum absolute atomic E-state index is 0.0300. The zero-order valence-corrected chi connectivity index (χ0v) is 17.9. The molecule has 1 N–H and O–H groups in total. The summed E-state index contributed by atoms with van der Waals surface area (Å²) in [5.74, 6) is -4.54. The second kappa shape index (κ2) is 8.94. The lowest BCUT2D eigenvalue weighted by Gasteiger charge is -2.15. The van der Waals surface area contributed by atoms with E-state index in [1.165, 1.54) is 18.3 Å². The lowest BCUT2D eigenvalue weighted by molar-refractivity contribution is -0.384. The molecule has 2 aromatic carbocycles. The Morgan fingerprint density at radius 3 is 2.53 bits per heavy atom. The smallest absolute Gasteiger partial charge is 0.345 e. The summed E-state index contributed by atoms with van der Waals surface area (Å²) in [6.07, 6.45) is 2.29. The molecule has 0 unspecified atom stereocenters. The molecule has 0 aliphatic carbocycles. The number of benzene rings is 2. The first kappa shape index (κ1) is 22.9. The first-order chi connectivity index (χ1) is 16.2. The fourth-order valence-corrected chi connectivity index (χ4v) is 3.64. The van der Waals surface area contributed by atoms with E-state index >= 15 is 0 Å². The monoisotopic (exact) mass is 488 g/mol. The highest BCUT2D eigenvalue weighted by atomic mass is 35.5. The molecule has 0 aliphatic heterocycles. The van der Waals surface area contributed by atoms with Crippen molar-refractivity contribution in [1.29, 1.82) is 0 Å². The molecule has 2 aromatic heterocycles. The predicted octanol–water partition coefficient (Wildman–Crippen LogP) is 5.81. The summed E-state index contributed by atoms with van der Waals surface area (Å²) < 4.78 is 47.5. The van der Waals surface area contributed by atoms with Gasteiger partial charge in [-0.15, -0.1) is 0 Å². The lowest BCUT2D eigenvalue weighted by Crippen LogP contribution is -2.09. The van der Waals surface area contributed by atoms with Crippen molar-refractivity contribution in [1.82, 2.24) is 9.97 Å². The van der Waals surface area contributed by atoms with Gasteiger partial charge in [-0.05, 0) is 42.0 Å². The third-order valence-electron chi connectivity index (χ3n) is 4.92. The number of pyridine rings is 2. The number of ether oxygens (including phenoxy) is 1. The van der Waals surface area contributed by atoms with Gasteiger partial charge in [0.15, 0.2) is 5.82 Å². The molecule has 2 heterocycles. The Bertz CT molecular complexity index is 1480. The molecular formula is C22H12ClF3N4O4. The Balaban J connectivity index is 2.01. The number of carbonyl (C=O) groups is 1. The van der Waals surface area contributed by atoms with Crippen molar-refractivity contribution < 1.29 is 27.6 Å². The Hall–Kier alpha value is -4.25. The first-order valence-electron chi connectivity index (χ1n) is 9.43. The second-order valence-electron chi connectivity index (χ2n) is 6.87. The highest BCUT2D eigenvalue weighted by Gasteiger charge is 2.29. The molecule has 0 fully saturated rings. The minimum atomic E-state index is -1.40. The number of carbonyl (C=O) groups excluding carboxylic acids is 1. The second-order valence-corrected chi connectivity index (χ2v) is 7.28. The summed E-state index contributed by atoms with van der Waals surface area (Å²) in [7, 11) is 1.01. The predicted molar refractivity (Wildman–Crippen MR) is 118 cm³/mol. The Kier molecular flexibility index (Phi) is 6.03. The average Bonchev–Trinajstić information content (AvgIpc) is 2.82. The molecule has 0 saturated carbocycles. The van der Waals surface area contributed by atoms with Crippen LogP contribution in [-0.2, 0) is 4.74 Å². The zero-order chi connectivity index (χ0) is 24.6. The van der Waals surface area contributed by atoms with Crippen molar-refractivity contribution in [3.63, 3.8) is 0 Å². The van der Waals surface area contributed by atoms with Crippen LogP contribution in [0.25, 0.3) is 22.0 Å². The number of esters is 1. The van der Waals surface area contributed by atoms with E-state index in [1.54, 1.807) is 0 Å². The molecule has 0 saturated heterocycles. The normalized spacial score (nSPS) is 10.9. The van der Waals surface area contributed by atoms with Gasteiger partial charge in [0.2, 0.25) is 5.95 Å². The molecule has 172 valence electrons. The maximum atomic E-state index is 14.6. The third kappa shape index (κ3) is 3.97. The molecule has 0 aliphatic rings. The molecule has 0 radical (unpaired) electrons. The fraction of sp³-hybridized carbons (Fsp3) is 0.0455. The first-order valence-corrected chi connectivity index (χ1v) is 9.81. The van der Waals surface area contributed by atoms with Crippen molar-refractivity contribution in [2.75, 3.05) is 12.4 Å². The number of anilines is 2. The molecule has 0 amide bonds. The maximum Gasteiger partial charge on any atom is 0.345 e. The van der Waals surface area contributed by atoms with Crippen molar-refractivity contribution in [3.8, 4) is 11.1 Å². The molecule has 4 aromatic rings. The van der Waals surface area contributed by atoms with E-state index in [-0.39, 0.29) is 38.4 Å². The van der Waals surface area contributed by atoms with Crippen LogP contribution in [0.2, 0.25) is 5.02 Å². The van der Waals surface area contributed by atoms with Crippen molar-refractivity contribution in [2.24, 2.45) is 0 Å². The highest BCUT2D eigenvalue weighted by Crippen LogP contribution is 2.39. The van der Waals surface area contributed by atoms with E-state index in [1.807, 2.05) is 0 Å². The van der Waals surface area contributed by atoms with Gasteiger partial charge in [0, 0.05) is 18.0 Å². The van der Waals surface area contributed by atoms with E-state index in [2.05, 4.69) is 20.0 Å². The van der Waals surface area contributed by atoms with Crippen molar-refractivity contribution in [2.45, 2.75) is 0 Å². The summed E-state index contributed by atoms with van der Waals surface area (Å²) in [6.45, 7) is 0. The van der Waals surface area contributed by atoms with E-state index < -0.39 is 39.7 Å². The van der Waals surface area contributed by atoms with Crippen LogP contribution < -0.4 is 5.32 Å². The minimum Gasteiger partial charge on any atom is -0.465 e. The zero-order valence-electron chi connectivity index (χ0n) is 17.1. The Morgan fingerprint density at radius 1 is 1.09 bits per heavy atom. The molecule has 8 nitrogen and oxygen atoms in total. The fourth-order valence-electron chi connectivity index (χ4n) is 3.43. The van der Waals surface area contributed by atoms with Gasteiger partial charge in [-0.3, -0.25) is 15.1 Å². The van der Waals surface area contributed by atoms with Crippen LogP contribution in [0.5, 0.6) is 0 Å². The topological polar surface area (TPSA) is 107 Å². The summed E-state index contributed by atoms with van der Waals surface area (Å²) in [6, 6.07) is 6.98. The van der Waals surface area contributed by atoms with Crippen LogP contribution in [0.4, 0.5) is 30.2 Å². The van der Waals surface area contributed by atoms with Gasteiger partial charge in [-0.2, -0.15) is 4.39 Å². The molecule has 0 bridgehead atoms. The summed E-state index contributed by atoms with van der Waals surface area (Å²) in [4.78, 5) is 30.7. The van der Waals surface area contributed by atoms with Gasteiger partial charge in [0.25, 0.3) is 0 Å². The number of rotatable bonds is 5. The Morgan fingerprint density at radius 2 is 1.82 bits per heavy atom. The largest absolute Gasteiger partial charge is 0.465 e. The number of fused-ring (bicyclic) bond motifs is 1. The van der Waals surface area contributed by atoms with Gasteiger partial charge in [0.1, 0.15) is 17.1 Å². The van der Waals surface area contributed by atoms with Gasteiger partial charge in [-0.1, -0.05) is 11.6 Å². The SMILES string of the molecule is COC(=O)c1cc(-c2ccnc(F)c2F)cc(Nc2ccnc3c(Cl)ccc(F)c23)c1[N+](=O)[O-]. The summed E-state index contributed by atoms with van der Waals surface area (Å²) in [5, 5.41) is 14.7. The molecular weight excluding hydrogens is 477 g/mol. The van der Waals surface area contributed by atoms with Crippen LogP contribution in [0.1, 0.15) is 10.4 Å². The molecule has 4 rings (SSSR count). The number of methoxy groups -OCH3 is 1. The van der Waals surface area contributed by atoms with E-state index in [4.69, 9.17) is 11.6 Å². The number of nitrogens with zero attached hydrogens (tertiary/aromatic N) is 3. The number of nitro groups is 1. The molecule has 0 spiro atoms. The van der Waals surface area contributed by atoms with E-state index in [9.17, 15) is 28.1 Å². The van der Waals surface area contributed by atoms with E-state index in [0.717, 1.165) is 37.6 Å². The molecule has 12 heteroatoms. The molecule has 34 heavy (non-hydrogen) atoms. The number of aromatic nitrogens is 2. The van der Waals surface area contributed by atoms with Gasteiger partial charge in [-0.25, -0.2) is 18.6 Å². The number of halogens is 4. The van der Waals surface area contributed by atoms with Crippen LogP contribution in [-0.4, -0.2) is 28.0 Å². The van der Waals surface area contributed by atoms with Crippen LogP contribution in [0, 0.1) is 27.7 Å². The van der Waals surface area contributed by atoms with Crippen molar-refractivity contribution in [3.05, 3.63) is 87.1 Å². The van der Waals surface area contributed by atoms with Crippen molar-refractivity contribution >= 4 is 45.5 Å². The average molecular weight is 489 g/mol. The Labute approximate surface area is 194 Å². The van der Waals surface area contributed by atoms with E-state index in [0.29, 0.717) is 0 Å². The van der Waals surface area contributed by atoms with Gasteiger partial charge < -0.3 is 10.1 Å². The van der Waals surface area contributed by atoms with Gasteiger partial charge >= 0.3 is 11.7 Å². The summed E-state index contributed by atoms with van der Waals surface area (Å²) >= 11 is 6.10. The standard InChI is InChI=1S/C22H12ClF3N4O4/c1-34-22(31)12-8-10(11-4-6-28-21(26)18(11)25)9-16(20(12)30(32)33)29-15-5-7-27-19-13(23)2-3-14(24)17(15)19/h2-9H,1H3,(H,27,29). The van der Waals surface area contributed by atoms with Crippen LogP contribution in [0.15, 0.2) is 48.8 Å². The number of nitrogens with one attached hydrogen (secondary N) is 1. The number of hydrogen-bond donors (Lipinski definition) is 1. The molecule has 0 atom stereocenters. The summed E-state index contributed by atoms with van der Waals surface area (Å²) in [5.41, 5.74) is -1.87. The van der Waals surface area contributed by atoms with Crippen LogP contribution >= 0.6 is 11.6 Å². The highest BCUT2D eigenvalue weighted by molar-refractivity contribution is 6.35. The quantitative estimate of drug-likeness (QED) is 0.163. The number of nitro benzene ring substituents is 1. The third-order valence-corrected chi connectivity index (χ3v) is 5.22. The van der Waals surface area contributed by atoms with Crippen LogP contribution in [0.3, 0.4) is 0 Å². The maximum absolute atomic E-state index is 14.6. The number of hydrogen-bond acceptors (Lipinski definition) is 7.